The van der Waals surface area contributed by atoms with Crippen molar-refractivity contribution in [3.63, 3.8) is 0 Å². The van der Waals surface area contributed by atoms with Crippen LogP contribution in [0.1, 0.15) is 21.5 Å². The summed E-state index contributed by atoms with van der Waals surface area (Å²) in [6, 6.07) is 36.8. The molecule has 144 valence electrons. The molecule has 0 aliphatic heterocycles. The highest BCUT2D eigenvalue weighted by molar-refractivity contribution is 6.51. The van der Waals surface area contributed by atoms with E-state index in [0.717, 1.165) is 16.7 Å². The van der Waals surface area contributed by atoms with Crippen molar-refractivity contribution >= 4 is 17.7 Å². The van der Waals surface area contributed by atoms with E-state index in [9.17, 15) is 4.79 Å². The topological polar surface area (TPSA) is 41.8 Å². The zero-order valence-electron chi connectivity index (χ0n) is 16.3. The van der Waals surface area contributed by atoms with E-state index in [0.29, 0.717) is 11.3 Å². The van der Waals surface area contributed by atoms with Crippen molar-refractivity contribution < 1.29 is 4.79 Å². The second kappa shape index (κ2) is 9.39. The third kappa shape index (κ3) is 4.65. The lowest BCUT2D eigenvalue weighted by atomic mass is 10.0. The second-order valence-corrected chi connectivity index (χ2v) is 6.74. The Morgan fingerprint density at radius 1 is 0.567 bits per heavy atom. The molecule has 4 aromatic carbocycles. The van der Waals surface area contributed by atoms with Crippen LogP contribution in [-0.4, -0.2) is 17.7 Å². The fourth-order valence-electron chi connectivity index (χ4n) is 3.10. The molecule has 3 nitrogen and oxygen atoms in total. The molecule has 0 bridgehead atoms. The predicted molar refractivity (Wildman–Crippen MR) is 123 cm³/mol. The van der Waals surface area contributed by atoms with E-state index < -0.39 is 0 Å². The Kier molecular flexibility index (Phi) is 6.02. The highest BCUT2D eigenvalue weighted by Gasteiger charge is 2.15. The first-order chi connectivity index (χ1) is 14.8. The summed E-state index contributed by atoms with van der Waals surface area (Å²) >= 11 is 0. The van der Waals surface area contributed by atoms with E-state index in [1.54, 1.807) is 18.3 Å². The van der Waals surface area contributed by atoms with E-state index in [2.05, 4.69) is 22.3 Å². The number of nitrogens with zero attached hydrogens (tertiary/aromatic N) is 2. The molecule has 0 heterocycles. The molecule has 0 spiro atoms. The number of Topliss-reactive ketones (excluding diaryl/α,β-unsaturated/α-hetero) is 1. The standard InChI is InChI=1S/C27H20N2O/c30-27(25-14-8-3-9-15-25)26(24-12-6-2-7-13-24)29-28-20-21-16-18-23(19-17-21)22-10-4-1-5-11-22/h1-20H. The number of benzene rings is 4. The average Bonchev–Trinajstić information content (AvgIpc) is 2.83. The highest BCUT2D eigenvalue weighted by Crippen LogP contribution is 2.18. The van der Waals surface area contributed by atoms with Crippen molar-refractivity contribution in [2.45, 2.75) is 0 Å². The molecule has 0 amide bonds. The monoisotopic (exact) mass is 388 g/mol. The van der Waals surface area contributed by atoms with Gasteiger partial charge in [-0.2, -0.15) is 5.10 Å². The van der Waals surface area contributed by atoms with Gasteiger partial charge in [-0.3, -0.25) is 4.79 Å². The smallest absolute Gasteiger partial charge is 0.213 e. The maximum atomic E-state index is 13.0. The summed E-state index contributed by atoms with van der Waals surface area (Å²) in [6.45, 7) is 0. The molecule has 0 fully saturated rings. The minimum Gasteiger partial charge on any atom is -0.287 e. The first-order valence-corrected chi connectivity index (χ1v) is 9.73. The Hall–Kier alpha value is -4.11. The molecule has 0 atom stereocenters. The van der Waals surface area contributed by atoms with Gasteiger partial charge in [-0.25, -0.2) is 0 Å². The van der Waals surface area contributed by atoms with Gasteiger partial charge in [0.25, 0.3) is 0 Å². The van der Waals surface area contributed by atoms with Gasteiger partial charge in [0.15, 0.2) is 0 Å². The van der Waals surface area contributed by atoms with Crippen LogP contribution in [0.3, 0.4) is 0 Å². The van der Waals surface area contributed by atoms with E-state index in [4.69, 9.17) is 0 Å². The average molecular weight is 388 g/mol. The van der Waals surface area contributed by atoms with Gasteiger partial charge in [0, 0.05) is 11.1 Å². The Bertz CT molecular complexity index is 1160. The molecule has 0 N–H and O–H groups in total. The third-order valence-electron chi connectivity index (χ3n) is 4.68. The predicted octanol–water partition coefficient (Wildman–Crippen LogP) is 6.06. The van der Waals surface area contributed by atoms with Crippen LogP contribution in [0, 0.1) is 0 Å². The number of carbonyl (C=O) groups excluding carboxylic acids is 1. The van der Waals surface area contributed by atoms with Crippen LogP contribution in [0.15, 0.2) is 125 Å². The van der Waals surface area contributed by atoms with Crippen molar-refractivity contribution in [1.29, 1.82) is 0 Å². The Morgan fingerprint density at radius 2 is 1.07 bits per heavy atom. The number of hydrogen-bond acceptors (Lipinski definition) is 3. The van der Waals surface area contributed by atoms with Gasteiger partial charge in [0.2, 0.25) is 5.78 Å². The molecule has 0 saturated heterocycles. The third-order valence-corrected chi connectivity index (χ3v) is 4.68. The van der Waals surface area contributed by atoms with Crippen molar-refractivity contribution in [3.05, 3.63) is 132 Å². The SMILES string of the molecule is O=C(C(=NN=Cc1ccc(-c2ccccc2)cc1)c1ccccc1)c1ccccc1. The first-order valence-electron chi connectivity index (χ1n) is 9.73. The summed E-state index contributed by atoms with van der Waals surface area (Å²) in [5.74, 6) is -0.154. The molecule has 30 heavy (non-hydrogen) atoms. The second-order valence-electron chi connectivity index (χ2n) is 6.74. The fourth-order valence-corrected chi connectivity index (χ4v) is 3.10. The minimum absolute atomic E-state index is 0.154. The minimum atomic E-state index is -0.154. The lowest BCUT2D eigenvalue weighted by molar-refractivity contribution is 0.106. The van der Waals surface area contributed by atoms with Gasteiger partial charge >= 0.3 is 0 Å². The summed E-state index contributed by atoms with van der Waals surface area (Å²) in [7, 11) is 0. The summed E-state index contributed by atoms with van der Waals surface area (Å²) in [4.78, 5) is 13.0. The number of hydrogen-bond donors (Lipinski definition) is 0. The van der Waals surface area contributed by atoms with Gasteiger partial charge in [0.1, 0.15) is 5.71 Å². The van der Waals surface area contributed by atoms with Crippen LogP contribution in [0.25, 0.3) is 11.1 Å². The first kappa shape index (κ1) is 19.2. The van der Waals surface area contributed by atoms with Gasteiger partial charge in [-0.1, -0.05) is 115 Å². The van der Waals surface area contributed by atoms with Gasteiger partial charge in [-0.15, -0.1) is 5.10 Å². The molecule has 0 saturated carbocycles. The zero-order chi connectivity index (χ0) is 20.6. The van der Waals surface area contributed by atoms with Crippen molar-refractivity contribution in [2.24, 2.45) is 10.2 Å². The normalized spacial score (nSPS) is 11.5. The van der Waals surface area contributed by atoms with Crippen LogP contribution >= 0.6 is 0 Å². The van der Waals surface area contributed by atoms with Crippen LogP contribution < -0.4 is 0 Å². The number of rotatable bonds is 6. The highest BCUT2D eigenvalue weighted by atomic mass is 16.1. The maximum Gasteiger partial charge on any atom is 0.213 e. The Labute approximate surface area is 176 Å². The molecule has 0 radical (unpaired) electrons. The number of ketones is 1. The fraction of sp³-hybridized carbons (Fsp3) is 0. The molecular weight excluding hydrogens is 368 g/mol. The molecule has 0 aliphatic carbocycles. The van der Waals surface area contributed by atoms with Crippen molar-refractivity contribution in [1.82, 2.24) is 0 Å². The van der Waals surface area contributed by atoms with Crippen LogP contribution in [0.5, 0.6) is 0 Å². The van der Waals surface area contributed by atoms with E-state index >= 15 is 0 Å². The maximum absolute atomic E-state index is 13.0. The van der Waals surface area contributed by atoms with Crippen molar-refractivity contribution in [3.8, 4) is 11.1 Å². The molecule has 0 aliphatic rings. The summed E-state index contributed by atoms with van der Waals surface area (Å²) in [5, 5.41) is 8.49. The molecule has 0 aromatic heterocycles. The summed E-state index contributed by atoms with van der Waals surface area (Å²) < 4.78 is 0. The Balaban J connectivity index is 1.59. The number of carbonyl (C=O) groups is 1. The van der Waals surface area contributed by atoms with Crippen LogP contribution in [0.2, 0.25) is 0 Å². The molecule has 3 heteroatoms. The largest absolute Gasteiger partial charge is 0.287 e. The Morgan fingerprint density at radius 3 is 1.67 bits per heavy atom. The molecule has 0 unspecified atom stereocenters. The van der Waals surface area contributed by atoms with Crippen LogP contribution in [0.4, 0.5) is 0 Å². The molecular formula is C27H20N2O. The lowest BCUT2D eigenvalue weighted by Crippen LogP contribution is -2.15. The van der Waals surface area contributed by atoms with Gasteiger partial charge < -0.3 is 0 Å². The van der Waals surface area contributed by atoms with Crippen molar-refractivity contribution in [2.75, 3.05) is 0 Å². The van der Waals surface area contributed by atoms with Crippen LogP contribution in [-0.2, 0) is 0 Å². The molecule has 4 rings (SSSR count). The molecule has 4 aromatic rings. The van der Waals surface area contributed by atoms with E-state index in [1.807, 2.05) is 91.0 Å². The van der Waals surface area contributed by atoms with Gasteiger partial charge in [0.05, 0.1) is 6.21 Å². The lowest BCUT2D eigenvalue weighted by Gasteiger charge is -2.04. The quantitative estimate of drug-likeness (QED) is 0.225. The van der Waals surface area contributed by atoms with E-state index in [-0.39, 0.29) is 5.78 Å². The van der Waals surface area contributed by atoms with E-state index in [1.165, 1.54) is 5.56 Å². The van der Waals surface area contributed by atoms with Gasteiger partial charge in [-0.05, 0) is 16.7 Å². The summed E-state index contributed by atoms with van der Waals surface area (Å²) in [6.07, 6.45) is 1.66. The zero-order valence-corrected chi connectivity index (χ0v) is 16.3. The summed E-state index contributed by atoms with van der Waals surface area (Å²) in [5.41, 5.74) is 4.86.